The first-order valence-corrected chi connectivity index (χ1v) is 10.0. The number of carbonyl (C=O) groups excluding carboxylic acids is 1. The highest BCUT2D eigenvalue weighted by molar-refractivity contribution is 8.00. The summed E-state index contributed by atoms with van der Waals surface area (Å²) in [7, 11) is 0. The number of benzene rings is 2. The van der Waals surface area contributed by atoms with Crippen molar-refractivity contribution in [3.8, 4) is 22.8 Å². The molecule has 0 unspecified atom stereocenters. The Hall–Kier alpha value is -2.93. The summed E-state index contributed by atoms with van der Waals surface area (Å²) in [5.74, 6) is 1.89. The van der Waals surface area contributed by atoms with Crippen molar-refractivity contribution in [3.05, 3.63) is 54.1 Å². The standard InChI is InChI=1S/C21H20N2O4S/c1-14-3-5-15(6-4-14)17-12-21(27-23-17)22-20(24)13-28-16-7-8-18-19(11-16)26-10-2-9-25-18/h3-8,11-12H,2,9-10,13H2,1H3,(H,22,24). The highest BCUT2D eigenvalue weighted by Gasteiger charge is 2.13. The van der Waals surface area contributed by atoms with E-state index in [2.05, 4.69) is 10.5 Å². The maximum absolute atomic E-state index is 12.2. The van der Waals surface area contributed by atoms with Gasteiger partial charge in [0.1, 0.15) is 5.69 Å². The van der Waals surface area contributed by atoms with Gasteiger partial charge in [0, 0.05) is 22.9 Å². The first-order valence-electron chi connectivity index (χ1n) is 9.03. The van der Waals surface area contributed by atoms with E-state index in [4.69, 9.17) is 14.0 Å². The molecule has 1 N–H and O–H groups in total. The fourth-order valence-electron chi connectivity index (χ4n) is 2.75. The second-order valence-electron chi connectivity index (χ2n) is 6.44. The minimum absolute atomic E-state index is 0.163. The Morgan fingerprint density at radius 3 is 2.68 bits per heavy atom. The molecule has 0 atom stereocenters. The minimum Gasteiger partial charge on any atom is -0.490 e. The molecule has 4 rings (SSSR count). The van der Waals surface area contributed by atoms with Crippen molar-refractivity contribution in [2.45, 2.75) is 18.2 Å². The Labute approximate surface area is 167 Å². The summed E-state index contributed by atoms with van der Waals surface area (Å²) in [5, 5.41) is 6.76. The number of nitrogens with zero attached hydrogens (tertiary/aromatic N) is 1. The Balaban J connectivity index is 1.34. The number of aromatic nitrogens is 1. The molecule has 28 heavy (non-hydrogen) atoms. The molecule has 2 aromatic carbocycles. The summed E-state index contributed by atoms with van der Waals surface area (Å²) in [6, 6.07) is 15.4. The lowest BCUT2D eigenvalue weighted by atomic mass is 10.1. The Morgan fingerprint density at radius 1 is 1.07 bits per heavy atom. The molecule has 1 aliphatic rings. The fraction of sp³-hybridized carbons (Fsp3) is 0.238. The lowest BCUT2D eigenvalue weighted by Crippen LogP contribution is -2.13. The summed E-state index contributed by atoms with van der Waals surface area (Å²) in [6.07, 6.45) is 0.862. The molecule has 3 aromatic rings. The summed E-state index contributed by atoms with van der Waals surface area (Å²) in [6.45, 7) is 3.32. The molecule has 0 saturated carbocycles. The van der Waals surface area contributed by atoms with Crippen LogP contribution in [-0.2, 0) is 4.79 Å². The van der Waals surface area contributed by atoms with E-state index in [-0.39, 0.29) is 11.7 Å². The van der Waals surface area contributed by atoms with Gasteiger partial charge in [-0.1, -0.05) is 35.0 Å². The third-order valence-corrected chi connectivity index (χ3v) is 5.20. The van der Waals surface area contributed by atoms with Gasteiger partial charge in [0.2, 0.25) is 11.8 Å². The van der Waals surface area contributed by atoms with Crippen LogP contribution in [-0.4, -0.2) is 30.0 Å². The highest BCUT2D eigenvalue weighted by atomic mass is 32.2. The van der Waals surface area contributed by atoms with Crippen molar-refractivity contribution < 1.29 is 18.8 Å². The summed E-state index contributed by atoms with van der Waals surface area (Å²) < 4.78 is 16.5. The third-order valence-electron chi connectivity index (χ3n) is 4.21. The maximum atomic E-state index is 12.2. The molecular formula is C21H20N2O4S. The van der Waals surface area contributed by atoms with Gasteiger partial charge in [0.15, 0.2) is 11.5 Å². The molecule has 0 saturated heterocycles. The quantitative estimate of drug-likeness (QED) is 0.638. The molecule has 1 amide bonds. The maximum Gasteiger partial charge on any atom is 0.237 e. The van der Waals surface area contributed by atoms with Gasteiger partial charge in [-0.2, -0.15) is 0 Å². The van der Waals surface area contributed by atoms with Crippen LogP contribution in [0.1, 0.15) is 12.0 Å². The fourth-order valence-corrected chi connectivity index (χ4v) is 3.47. The number of hydrogen-bond acceptors (Lipinski definition) is 6. The van der Waals surface area contributed by atoms with Gasteiger partial charge in [0.25, 0.3) is 0 Å². The van der Waals surface area contributed by atoms with E-state index in [1.807, 2.05) is 49.4 Å². The highest BCUT2D eigenvalue weighted by Crippen LogP contribution is 2.34. The van der Waals surface area contributed by atoms with Gasteiger partial charge < -0.3 is 14.0 Å². The molecule has 0 aliphatic carbocycles. The predicted octanol–water partition coefficient (Wildman–Crippen LogP) is 4.54. The first-order chi connectivity index (χ1) is 13.7. The van der Waals surface area contributed by atoms with Gasteiger partial charge in [0.05, 0.1) is 19.0 Å². The number of carbonyl (C=O) groups is 1. The van der Waals surface area contributed by atoms with Crippen LogP contribution in [0.4, 0.5) is 5.88 Å². The number of thioether (sulfide) groups is 1. The lowest BCUT2D eigenvalue weighted by Gasteiger charge is -2.09. The van der Waals surface area contributed by atoms with Gasteiger partial charge in [-0.15, -0.1) is 11.8 Å². The van der Waals surface area contributed by atoms with Crippen LogP contribution in [0.2, 0.25) is 0 Å². The number of rotatable bonds is 5. The van der Waals surface area contributed by atoms with Gasteiger partial charge in [-0.05, 0) is 25.1 Å². The number of anilines is 1. The van der Waals surface area contributed by atoms with E-state index in [1.54, 1.807) is 6.07 Å². The molecule has 0 spiro atoms. The second kappa shape index (κ2) is 8.39. The van der Waals surface area contributed by atoms with E-state index in [0.717, 1.165) is 28.4 Å². The largest absolute Gasteiger partial charge is 0.490 e. The molecular weight excluding hydrogens is 376 g/mol. The normalized spacial score (nSPS) is 13.0. The van der Waals surface area contributed by atoms with Crippen molar-refractivity contribution in [1.82, 2.24) is 5.16 Å². The van der Waals surface area contributed by atoms with Crippen LogP contribution < -0.4 is 14.8 Å². The predicted molar refractivity (Wildman–Crippen MR) is 108 cm³/mol. The summed E-state index contributed by atoms with van der Waals surface area (Å²) >= 11 is 1.42. The van der Waals surface area contributed by atoms with Gasteiger partial charge in [-0.25, -0.2) is 0 Å². The van der Waals surface area contributed by atoms with E-state index in [9.17, 15) is 4.79 Å². The van der Waals surface area contributed by atoms with Gasteiger partial charge >= 0.3 is 0 Å². The number of nitrogens with one attached hydrogen (secondary N) is 1. The monoisotopic (exact) mass is 396 g/mol. The average molecular weight is 396 g/mol. The van der Waals surface area contributed by atoms with Gasteiger partial charge in [-0.3, -0.25) is 10.1 Å². The van der Waals surface area contributed by atoms with Crippen LogP contribution in [0.5, 0.6) is 11.5 Å². The Morgan fingerprint density at radius 2 is 1.86 bits per heavy atom. The third kappa shape index (κ3) is 4.48. The SMILES string of the molecule is Cc1ccc(-c2cc(NC(=O)CSc3ccc4c(c3)OCCCO4)on2)cc1. The number of amides is 1. The lowest BCUT2D eigenvalue weighted by molar-refractivity contribution is -0.113. The first kappa shape index (κ1) is 18.4. The second-order valence-corrected chi connectivity index (χ2v) is 7.49. The number of aryl methyl sites for hydroxylation is 1. The molecule has 0 fully saturated rings. The molecule has 6 nitrogen and oxygen atoms in total. The zero-order valence-corrected chi connectivity index (χ0v) is 16.3. The van der Waals surface area contributed by atoms with Crippen LogP contribution in [0, 0.1) is 6.92 Å². The molecule has 2 heterocycles. The molecule has 7 heteroatoms. The van der Waals surface area contributed by atoms with Crippen molar-refractivity contribution >= 4 is 23.6 Å². The topological polar surface area (TPSA) is 73.6 Å². The van der Waals surface area contributed by atoms with E-state index in [1.165, 1.54) is 17.3 Å². The molecule has 1 aromatic heterocycles. The zero-order valence-electron chi connectivity index (χ0n) is 15.4. The zero-order chi connectivity index (χ0) is 19.3. The van der Waals surface area contributed by atoms with Crippen molar-refractivity contribution in [3.63, 3.8) is 0 Å². The minimum atomic E-state index is -0.163. The van der Waals surface area contributed by atoms with Crippen molar-refractivity contribution in [2.75, 3.05) is 24.3 Å². The molecule has 0 radical (unpaired) electrons. The summed E-state index contributed by atoms with van der Waals surface area (Å²) in [5.41, 5.74) is 2.80. The van der Waals surface area contributed by atoms with E-state index < -0.39 is 0 Å². The van der Waals surface area contributed by atoms with Crippen molar-refractivity contribution in [2.24, 2.45) is 0 Å². The van der Waals surface area contributed by atoms with E-state index >= 15 is 0 Å². The van der Waals surface area contributed by atoms with Crippen molar-refractivity contribution in [1.29, 1.82) is 0 Å². The van der Waals surface area contributed by atoms with E-state index in [0.29, 0.717) is 24.8 Å². The number of ether oxygens (including phenoxy) is 2. The van der Waals surface area contributed by atoms with Crippen LogP contribution >= 0.6 is 11.8 Å². The van der Waals surface area contributed by atoms with Crippen LogP contribution in [0.15, 0.2) is 57.9 Å². The molecule has 1 aliphatic heterocycles. The Bertz CT molecular complexity index is 969. The Kier molecular flexibility index (Phi) is 5.53. The molecule has 0 bridgehead atoms. The van der Waals surface area contributed by atoms with Crippen LogP contribution in [0.25, 0.3) is 11.3 Å². The smallest absolute Gasteiger partial charge is 0.237 e. The molecule has 144 valence electrons. The average Bonchev–Trinajstić information content (AvgIpc) is 3.03. The van der Waals surface area contributed by atoms with Crippen LogP contribution in [0.3, 0.4) is 0 Å². The number of fused-ring (bicyclic) bond motifs is 1. The number of hydrogen-bond donors (Lipinski definition) is 1. The summed E-state index contributed by atoms with van der Waals surface area (Å²) in [4.78, 5) is 13.2.